The summed E-state index contributed by atoms with van der Waals surface area (Å²) < 4.78 is 0. The molecule has 103 heavy (non-hydrogen) atoms. The van der Waals surface area contributed by atoms with Crippen LogP contribution in [0.15, 0.2) is 0 Å². The van der Waals surface area contributed by atoms with E-state index in [0.29, 0.717) is 6.42 Å². The second kappa shape index (κ2) is 97.5. The van der Waals surface area contributed by atoms with Gasteiger partial charge < -0.3 is 10.8 Å². The Hall–Kier alpha value is -0.570. The van der Waals surface area contributed by atoms with Crippen molar-refractivity contribution in [3.63, 3.8) is 0 Å². The maximum absolute atomic E-state index is 10.8. The summed E-state index contributed by atoms with van der Waals surface area (Å²) in [4.78, 5) is 10.8. The third-order valence-corrected chi connectivity index (χ3v) is 24.7. The molecule has 0 aliphatic rings. The second-order valence-corrected chi connectivity index (χ2v) is 35.3. The summed E-state index contributed by atoms with van der Waals surface area (Å²) >= 11 is 0. The Bertz CT molecular complexity index is 1440. The number of unbranched alkanes of at least 4 members (excludes halogenated alkanes) is 95. The van der Waals surface area contributed by atoms with Crippen LogP contribution in [0.25, 0.3) is 0 Å². The molecule has 0 aliphatic heterocycles. The fourth-order valence-corrected chi connectivity index (χ4v) is 17.2. The predicted molar refractivity (Wildman–Crippen MR) is 469 cm³/mol. The minimum Gasteiger partial charge on any atom is -0.480 e. The largest absolute Gasteiger partial charge is 0.480 e. The lowest BCUT2D eigenvalue weighted by Gasteiger charge is -2.06. The highest BCUT2D eigenvalue weighted by Gasteiger charge is 2.10. The maximum Gasteiger partial charge on any atom is 0.320 e. The van der Waals surface area contributed by atoms with Gasteiger partial charge in [0.05, 0.1) is 0 Å². The molecule has 0 fully saturated rings. The third kappa shape index (κ3) is 97.5. The van der Waals surface area contributed by atoms with E-state index >= 15 is 0 Å². The summed E-state index contributed by atoms with van der Waals surface area (Å²) in [6.45, 7) is 2.32. The summed E-state index contributed by atoms with van der Waals surface area (Å²) in [5.74, 6) is -0.862. The molecule has 1 unspecified atom stereocenters. The Morgan fingerprint density at radius 3 is 0.291 bits per heavy atom. The van der Waals surface area contributed by atoms with Crippen molar-refractivity contribution in [1.29, 1.82) is 0 Å². The molecule has 3 N–H and O–H groups in total. The first-order chi connectivity index (χ1) is 51.2. The number of nitrogens with two attached hydrogens (primary N) is 1. The highest BCUT2D eigenvalue weighted by Crippen LogP contribution is 2.24. The average molecular weight is 1450 g/mol. The van der Waals surface area contributed by atoms with E-state index in [1.165, 1.54) is 604 Å². The molecule has 0 aromatic carbocycles. The van der Waals surface area contributed by atoms with E-state index in [9.17, 15) is 4.79 Å². The van der Waals surface area contributed by atoms with E-state index in [1.807, 2.05) is 0 Å². The molecule has 0 bridgehead atoms. The van der Waals surface area contributed by atoms with Crippen LogP contribution in [0.4, 0.5) is 0 Å². The fourth-order valence-electron chi connectivity index (χ4n) is 17.2. The fraction of sp³-hybridized carbons (Fsp3) is 0.990. The number of carboxylic acids is 1. The molecule has 0 saturated carbocycles. The summed E-state index contributed by atoms with van der Waals surface area (Å²) in [5, 5.41) is 8.85. The van der Waals surface area contributed by atoms with Crippen LogP contribution in [-0.4, -0.2) is 17.1 Å². The smallest absolute Gasteiger partial charge is 0.320 e. The number of hydrogen-bond acceptors (Lipinski definition) is 2. The molecule has 0 saturated heterocycles. The van der Waals surface area contributed by atoms with Crippen LogP contribution < -0.4 is 5.73 Å². The number of carboxylic acid groups (broad SMARTS) is 1. The predicted octanol–water partition coefficient (Wildman–Crippen LogP) is 37.3. The van der Waals surface area contributed by atoms with Gasteiger partial charge in [-0.15, -0.1) is 0 Å². The monoisotopic (exact) mass is 1450 g/mol. The lowest BCUT2D eigenvalue weighted by Crippen LogP contribution is -2.29. The Kier molecular flexibility index (Phi) is 97.0. The minimum absolute atomic E-state index is 0.620. The summed E-state index contributed by atoms with van der Waals surface area (Å²) in [5.41, 5.74) is 5.58. The molecule has 0 aliphatic carbocycles. The van der Waals surface area contributed by atoms with E-state index in [1.54, 1.807) is 0 Å². The van der Waals surface area contributed by atoms with Crippen LogP contribution >= 0.6 is 0 Å². The zero-order chi connectivity index (χ0) is 73.7. The van der Waals surface area contributed by atoms with Crippen LogP contribution in [-0.2, 0) is 4.79 Å². The zero-order valence-corrected chi connectivity index (χ0v) is 72.1. The molecular weight excluding hydrogens is 1250 g/mol. The maximum atomic E-state index is 10.8. The molecule has 0 aromatic rings. The molecule has 3 heteroatoms. The van der Waals surface area contributed by atoms with Gasteiger partial charge in [-0.05, 0) is 6.42 Å². The molecule has 618 valence electrons. The first-order valence-corrected chi connectivity index (χ1v) is 50.2. The molecule has 0 rings (SSSR count). The van der Waals surface area contributed by atoms with E-state index in [0.717, 1.165) is 12.8 Å². The Morgan fingerprint density at radius 1 is 0.155 bits per heavy atom. The normalized spacial score (nSPS) is 12.1. The van der Waals surface area contributed by atoms with Gasteiger partial charge in [-0.25, -0.2) is 0 Å². The third-order valence-electron chi connectivity index (χ3n) is 24.7. The van der Waals surface area contributed by atoms with Crippen LogP contribution in [0.5, 0.6) is 0 Å². The van der Waals surface area contributed by atoms with Crippen LogP contribution in [0, 0.1) is 0 Å². The molecule has 0 amide bonds. The Morgan fingerprint density at radius 2 is 0.223 bits per heavy atom. The second-order valence-electron chi connectivity index (χ2n) is 35.3. The van der Waals surface area contributed by atoms with Gasteiger partial charge in [0.1, 0.15) is 6.04 Å². The topological polar surface area (TPSA) is 63.3 Å². The van der Waals surface area contributed by atoms with Gasteiger partial charge in [0, 0.05) is 0 Å². The average Bonchev–Trinajstić information content (AvgIpc) is 3.68. The van der Waals surface area contributed by atoms with Crippen LogP contribution in [0.3, 0.4) is 0 Å². The molecule has 0 aromatic heterocycles. The van der Waals surface area contributed by atoms with Crippen molar-refractivity contribution in [3.8, 4) is 0 Å². The molecule has 1 atom stereocenters. The number of hydrogen-bond donors (Lipinski definition) is 2. The lowest BCUT2D eigenvalue weighted by atomic mass is 10.0. The highest BCUT2D eigenvalue weighted by atomic mass is 16.4. The molecule has 3 nitrogen and oxygen atoms in total. The highest BCUT2D eigenvalue weighted by molar-refractivity contribution is 5.72. The van der Waals surface area contributed by atoms with Crippen molar-refractivity contribution in [2.24, 2.45) is 5.73 Å². The molecule has 0 spiro atoms. The molecule has 0 radical (unpaired) electrons. The standard InChI is InChI=1S/C100H201NO2/c1-2-3-4-5-6-7-8-9-10-11-12-13-14-15-16-17-18-19-20-21-22-23-24-25-26-27-28-29-30-31-32-33-34-35-36-37-38-39-40-41-42-43-44-45-46-47-48-49-50-51-52-53-54-55-56-57-58-59-60-61-62-63-64-65-66-67-68-69-70-71-72-73-74-75-76-77-78-79-80-81-82-83-84-85-86-87-88-89-90-91-92-93-94-95-96-97-98-99(101)100(102)103/h99H,2-98,101H2,1H3,(H,102,103). The molecular formula is C100H201NO2. The summed E-state index contributed by atoms with van der Waals surface area (Å²) in [6, 6.07) is -0.671. The van der Waals surface area contributed by atoms with E-state index in [-0.39, 0.29) is 0 Å². The quantitative estimate of drug-likeness (QED) is 0.0597. The summed E-state index contributed by atoms with van der Waals surface area (Å²) in [6.07, 6.45) is 142. The van der Waals surface area contributed by atoms with Crippen molar-refractivity contribution in [2.75, 3.05) is 0 Å². The van der Waals surface area contributed by atoms with E-state index in [4.69, 9.17) is 10.8 Å². The van der Waals surface area contributed by atoms with E-state index < -0.39 is 12.0 Å². The SMILES string of the molecule is CCCCCCCCCCCCCCCCCCCCCCCCCCCCCCCCCCCCCCCCCCCCCCCCCCCCCCCCCCCCCCCCCCCCCCCCCCCCCCCCCCCCCCCCCCCCCCCCCCC(N)C(=O)O. The Labute approximate surface area is 653 Å². The first kappa shape index (κ1) is 102. The first-order valence-electron chi connectivity index (χ1n) is 50.2. The van der Waals surface area contributed by atoms with Gasteiger partial charge >= 0.3 is 5.97 Å². The van der Waals surface area contributed by atoms with Crippen molar-refractivity contribution in [2.45, 2.75) is 636 Å². The number of aliphatic carboxylic acids is 1. The van der Waals surface area contributed by atoms with E-state index in [2.05, 4.69) is 6.92 Å². The van der Waals surface area contributed by atoms with Gasteiger partial charge in [-0.3, -0.25) is 4.79 Å². The van der Waals surface area contributed by atoms with Crippen molar-refractivity contribution in [1.82, 2.24) is 0 Å². The summed E-state index contributed by atoms with van der Waals surface area (Å²) in [7, 11) is 0. The van der Waals surface area contributed by atoms with Crippen molar-refractivity contribution in [3.05, 3.63) is 0 Å². The van der Waals surface area contributed by atoms with Gasteiger partial charge in [0.25, 0.3) is 0 Å². The van der Waals surface area contributed by atoms with Crippen LogP contribution in [0.2, 0.25) is 0 Å². The van der Waals surface area contributed by atoms with Gasteiger partial charge in [0.2, 0.25) is 0 Å². The van der Waals surface area contributed by atoms with Gasteiger partial charge in [-0.2, -0.15) is 0 Å². The number of rotatable bonds is 98. The lowest BCUT2D eigenvalue weighted by molar-refractivity contribution is -0.138. The molecule has 0 heterocycles. The van der Waals surface area contributed by atoms with Crippen molar-refractivity contribution >= 4 is 5.97 Å². The van der Waals surface area contributed by atoms with Gasteiger partial charge in [-0.1, -0.05) is 623 Å². The minimum atomic E-state index is -0.862. The van der Waals surface area contributed by atoms with Gasteiger partial charge in [0.15, 0.2) is 0 Å². The zero-order valence-electron chi connectivity index (χ0n) is 72.1. The Balaban J connectivity index is 3.10. The van der Waals surface area contributed by atoms with Crippen LogP contribution in [0.1, 0.15) is 630 Å². The number of carbonyl (C=O) groups is 1. The van der Waals surface area contributed by atoms with Crippen molar-refractivity contribution < 1.29 is 9.90 Å².